The first kappa shape index (κ1) is 14.8. The zero-order valence-electron chi connectivity index (χ0n) is 11.8. The van der Waals surface area contributed by atoms with Crippen LogP contribution in [0.25, 0.3) is 0 Å². The Hall–Kier alpha value is -1.60. The fourth-order valence-electron chi connectivity index (χ4n) is 1.97. The number of thioether (sulfide) groups is 1. The van der Waals surface area contributed by atoms with E-state index in [-0.39, 0.29) is 23.0 Å². The molecule has 0 amide bonds. The molecule has 0 saturated carbocycles. The van der Waals surface area contributed by atoms with Gasteiger partial charge in [-0.3, -0.25) is 9.55 Å². The second kappa shape index (κ2) is 6.23. The molecule has 2 atom stereocenters. The molecule has 0 aliphatic heterocycles. The van der Waals surface area contributed by atoms with E-state index in [0.29, 0.717) is 5.16 Å². The zero-order valence-corrected chi connectivity index (χ0v) is 12.6. The summed E-state index contributed by atoms with van der Waals surface area (Å²) in [6.45, 7) is 5.84. The molecule has 0 fully saturated rings. The van der Waals surface area contributed by atoms with Crippen molar-refractivity contribution in [1.29, 1.82) is 0 Å². The standard InChI is InChI=1S/C13H19N5OS/c1-8(2)18-12(19)16-17-13(18)20-11(9(3)14)10-5-4-6-15-7-10/h4-9,11H,14H2,1-3H3,(H,16,19). The molecule has 0 spiro atoms. The summed E-state index contributed by atoms with van der Waals surface area (Å²) in [5.74, 6) is 0. The molecule has 2 rings (SSSR count). The lowest BCUT2D eigenvalue weighted by atomic mass is 10.1. The molecule has 2 unspecified atom stereocenters. The van der Waals surface area contributed by atoms with Gasteiger partial charge < -0.3 is 5.73 Å². The van der Waals surface area contributed by atoms with E-state index in [1.165, 1.54) is 11.8 Å². The number of nitrogens with one attached hydrogen (secondary N) is 1. The normalized spacial score (nSPS) is 14.4. The lowest BCUT2D eigenvalue weighted by Crippen LogP contribution is -2.24. The first-order chi connectivity index (χ1) is 9.50. The monoisotopic (exact) mass is 293 g/mol. The van der Waals surface area contributed by atoms with Gasteiger partial charge in [0.15, 0.2) is 5.16 Å². The van der Waals surface area contributed by atoms with Gasteiger partial charge in [0.1, 0.15) is 0 Å². The van der Waals surface area contributed by atoms with Crippen LogP contribution in [0.5, 0.6) is 0 Å². The third kappa shape index (κ3) is 3.10. The molecule has 20 heavy (non-hydrogen) atoms. The van der Waals surface area contributed by atoms with E-state index in [1.54, 1.807) is 17.0 Å². The lowest BCUT2D eigenvalue weighted by molar-refractivity contribution is 0.532. The maximum absolute atomic E-state index is 11.8. The average molecular weight is 293 g/mol. The number of hydrogen-bond acceptors (Lipinski definition) is 5. The van der Waals surface area contributed by atoms with Crippen molar-refractivity contribution in [2.75, 3.05) is 0 Å². The number of aromatic nitrogens is 4. The summed E-state index contributed by atoms with van der Waals surface area (Å²) in [6.07, 6.45) is 3.52. The molecule has 0 aliphatic carbocycles. The van der Waals surface area contributed by atoms with Gasteiger partial charge in [-0.05, 0) is 32.4 Å². The minimum absolute atomic E-state index is 0.00333. The van der Waals surface area contributed by atoms with Crippen molar-refractivity contribution < 1.29 is 0 Å². The summed E-state index contributed by atoms with van der Waals surface area (Å²) < 4.78 is 1.64. The van der Waals surface area contributed by atoms with Crippen LogP contribution in [-0.2, 0) is 0 Å². The van der Waals surface area contributed by atoms with Gasteiger partial charge in [-0.2, -0.15) is 0 Å². The fourth-order valence-corrected chi connectivity index (χ4v) is 3.19. The minimum atomic E-state index is -0.197. The quantitative estimate of drug-likeness (QED) is 0.819. The molecule has 0 bridgehead atoms. The number of nitrogens with zero attached hydrogens (tertiary/aromatic N) is 3. The van der Waals surface area contributed by atoms with E-state index in [9.17, 15) is 4.79 Å². The Morgan fingerprint density at radius 2 is 2.15 bits per heavy atom. The number of H-pyrrole nitrogens is 1. The highest BCUT2D eigenvalue weighted by molar-refractivity contribution is 7.99. The largest absolute Gasteiger partial charge is 0.344 e. The van der Waals surface area contributed by atoms with Crippen LogP contribution in [0.15, 0.2) is 34.5 Å². The third-order valence-electron chi connectivity index (χ3n) is 2.91. The number of rotatable bonds is 5. The highest BCUT2D eigenvalue weighted by Crippen LogP contribution is 2.35. The van der Waals surface area contributed by atoms with Crippen molar-refractivity contribution in [2.45, 2.75) is 43.3 Å². The van der Waals surface area contributed by atoms with Gasteiger partial charge in [0.05, 0.1) is 5.25 Å². The van der Waals surface area contributed by atoms with Gasteiger partial charge in [-0.25, -0.2) is 9.89 Å². The van der Waals surface area contributed by atoms with Crippen LogP contribution < -0.4 is 11.4 Å². The molecule has 2 heterocycles. The molecule has 2 aromatic rings. The molecule has 0 radical (unpaired) electrons. The van der Waals surface area contributed by atoms with Crippen molar-refractivity contribution in [3.63, 3.8) is 0 Å². The van der Waals surface area contributed by atoms with E-state index in [1.807, 2.05) is 32.9 Å². The Labute approximate surface area is 121 Å². The van der Waals surface area contributed by atoms with Crippen LogP contribution in [0.1, 0.15) is 37.6 Å². The van der Waals surface area contributed by atoms with E-state index < -0.39 is 0 Å². The first-order valence-electron chi connectivity index (χ1n) is 6.49. The lowest BCUT2D eigenvalue weighted by Gasteiger charge is -2.20. The van der Waals surface area contributed by atoms with Crippen LogP contribution in [-0.4, -0.2) is 25.8 Å². The van der Waals surface area contributed by atoms with Crippen LogP contribution in [0.3, 0.4) is 0 Å². The number of nitrogens with two attached hydrogens (primary N) is 1. The second-order valence-electron chi connectivity index (χ2n) is 4.96. The SMILES string of the molecule is CC(N)C(Sc1n[nH]c(=O)n1C(C)C)c1cccnc1. The minimum Gasteiger partial charge on any atom is -0.327 e. The first-order valence-corrected chi connectivity index (χ1v) is 7.37. The topological polar surface area (TPSA) is 89.6 Å². The molecule has 108 valence electrons. The maximum Gasteiger partial charge on any atom is 0.344 e. The molecule has 6 nitrogen and oxygen atoms in total. The molecule has 7 heteroatoms. The van der Waals surface area contributed by atoms with Crippen LogP contribution >= 0.6 is 11.8 Å². The third-order valence-corrected chi connectivity index (χ3v) is 4.37. The fraction of sp³-hybridized carbons (Fsp3) is 0.462. The Morgan fingerprint density at radius 3 is 2.70 bits per heavy atom. The Morgan fingerprint density at radius 1 is 1.40 bits per heavy atom. The van der Waals surface area contributed by atoms with E-state index in [2.05, 4.69) is 15.2 Å². The van der Waals surface area contributed by atoms with Crippen molar-refractivity contribution >= 4 is 11.8 Å². The number of hydrogen-bond donors (Lipinski definition) is 2. The summed E-state index contributed by atoms with van der Waals surface area (Å²) in [6, 6.07) is 3.83. The van der Waals surface area contributed by atoms with Crippen molar-refractivity contribution in [3.8, 4) is 0 Å². The molecular weight excluding hydrogens is 274 g/mol. The smallest absolute Gasteiger partial charge is 0.327 e. The van der Waals surface area contributed by atoms with Gasteiger partial charge >= 0.3 is 5.69 Å². The van der Waals surface area contributed by atoms with Crippen molar-refractivity contribution in [1.82, 2.24) is 19.7 Å². The van der Waals surface area contributed by atoms with Crippen molar-refractivity contribution in [3.05, 3.63) is 40.6 Å². The summed E-state index contributed by atoms with van der Waals surface area (Å²) >= 11 is 1.48. The predicted molar refractivity (Wildman–Crippen MR) is 79.7 cm³/mol. The summed E-state index contributed by atoms with van der Waals surface area (Å²) in [5.41, 5.74) is 6.90. The number of pyridine rings is 1. The van der Waals surface area contributed by atoms with Gasteiger partial charge in [-0.15, -0.1) is 5.10 Å². The Bertz CT molecular complexity index is 605. The molecule has 0 aliphatic rings. The molecule has 0 aromatic carbocycles. The van der Waals surface area contributed by atoms with Crippen LogP contribution in [0, 0.1) is 0 Å². The predicted octanol–water partition coefficient (Wildman–Crippen LogP) is 1.73. The highest BCUT2D eigenvalue weighted by Gasteiger charge is 2.22. The number of aromatic amines is 1. The van der Waals surface area contributed by atoms with Crippen molar-refractivity contribution in [2.24, 2.45) is 5.73 Å². The second-order valence-corrected chi connectivity index (χ2v) is 6.07. The average Bonchev–Trinajstić information content (AvgIpc) is 2.77. The van der Waals surface area contributed by atoms with E-state index >= 15 is 0 Å². The highest BCUT2D eigenvalue weighted by atomic mass is 32.2. The molecule has 2 aromatic heterocycles. The van der Waals surface area contributed by atoms with Gasteiger partial charge in [0.2, 0.25) is 0 Å². The Kier molecular flexibility index (Phi) is 4.61. The molecule has 3 N–H and O–H groups in total. The van der Waals surface area contributed by atoms with Crippen LogP contribution in [0.2, 0.25) is 0 Å². The summed E-state index contributed by atoms with van der Waals surface area (Å²) in [5, 5.41) is 7.24. The van der Waals surface area contributed by atoms with E-state index in [4.69, 9.17) is 5.73 Å². The van der Waals surface area contributed by atoms with E-state index in [0.717, 1.165) is 5.56 Å². The van der Waals surface area contributed by atoms with Gasteiger partial charge in [-0.1, -0.05) is 17.8 Å². The van der Waals surface area contributed by atoms with Gasteiger partial charge in [0.25, 0.3) is 0 Å². The van der Waals surface area contributed by atoms with Gasteiger partial charge in [0, 0.05) is 24.5 Å². The zero-order chi connectivity index (χ0) is 14.7. The summed E-state index contributed by atoms with van der Waals surface area (Å²) in [4.78, 5) is 15.9. The molecular formula is C13H19N5OS. The summed E-state index contributed by atoms with van der Waals surface area (Å²) in [7, 11) is 0. The van der Waals surface area contributed by atoms with Crippen LogP contribution in [0.4, 0.5) is 0 Å². The Balaban J connectivity index is 2.33. The maximum atomic E-state index is 11.8. The molecule has 0 saturated heterocycles.